The van der Waals surface area contributed by atoms with Gasteiger partial charge in [0.05, 0.1) is 0 Å². The lowest BCUT2D eigenvalue weighted by molar-refractivity contribution is -0.199. The van der Waals surface area contributed by atoms with E-state index in [0.29, 0.717) is 6.34 Å². The predicted molar refractivity (Wildman–Crippen MR) is 25.2 cm³/mol. The molecule has 0 fully saturated rings. The molecule has 0 aliphatic carbocycles. The molecule has 1 aliphatic heterocycles. The zero-order valence-electron chi connectivity index (χ0n) is 4.26. The van der Waals surface area contributed by atoms with Crippen LogP contribution in [0.15, 0.2) is 12.4 Å². The third-order valence-corrected chi connectivity index (χ3v) is 0.797. The van der Waals surface area contributed by atoms with Gasteiger partial charge in [-0.2, -0.15) is 0 Å². The van der Waals surface area contributed by atoms with Crippen LogP contribution in [0.2, 0.25) is 0 Å². The highest BCUT2D eigenvalue weighted by Gasteiger charge is 2.43. The van der Waals surface area contributed by atoms with E-state index in [1.807, 2.05) is 0 Å². The Bertz CT molecular complexity index is 146. The molecular weight excluding hydrogens is 133 g/mol. The van der Waals surface area contributed by atoms with Gasteiger partial charge in [0, 0.05) is 0 Å². The van der Waals surface area contributed by atoms with Gasteiger partial charge in [0.15, 0.2) is 6.20 Å². The zero-order valence-corrected chi connectivity index (χ0v) is 4.26. The molecule has 0 amide bonds. The van der Waals surface area contributed by atoms with Gasteiger partial charge in [-0.25, -0.2) is 0 Å². The summed E-state index contributed by atoms with van der Waals surface area (Å²) in [5, 5.41) is 0. The fourth-order valence-corrected chi connectivity index (χ4v) is 0.409. The van der Waals surface area contributed by atoms with Crippen LogP contribution in [0.5, 0.6) is 0 Å². The van der Waals surface area contributed by atoms with Crippen molar-refractivity contribution in [2.75, 3.05) is 0 Å². The van der Waals surface area contributed by atoms with Crippen LogP contribution in [0.4, 0.5) is 13.2 Å². The lowest BCUT2D eigenvalue weighted by Crippen LogP contribution is -2.30. The molecule has 0 spiro atoms. The van der Waals surface area contributed by atoms with Crippen molar-refractivity contribution >= 4 is 6.34 Å². The quantitative estimate of drug-likeness (QED) is 0.447. The predicted octanol–water partition coefficient (Wildman–Crippen LogP) is 0.657. The maximum atomic E-state index is 11.5. The summed E-state index contributed by atoms with van der Waals surface area (Å²) in [6, 6.07) is 0. The molecule has 49 valence electrons. The Labute approximate surface area is 49.3 Å². The van der Waals surface area contributed by atoms with Crippen molar-refractivity contribution < 1.29 is 13.2 Å². The van der Waals surface area contributed by atoms with Crippen molar-refractivity contribution in [3.05, 3.63) is 12.4 Å². The van der Waals surface area contributed by atoms with Crippen LogP contribution in [0.25, 0.3) is 0 Å². The molecule has 0 aromatic heterocycles. The van der Waals surface area contributed by atoms with E-state index in [9.17, 15) is 13.2 Å². The normalized spacial score (nSPS) is 17.4. The second-order valence-electron chi connectivity index (χ2n) is 1.44. The molecule has 0 unspecified atom stereocenters. The molecule has 0 bridgehead atoms. The summed E-state index contributed by atoms with van der Waals surface area (Å²) in [6.07, 6.45) is -1.69. The smallest absolute Gasteiger partial charge is 0.139 e. The van der Waals surface area contributed by atoms with Crippen LogP contribution < -0.4 is 4.99 Å². The zero-order chi connectivity index (χ0) is 6.91. The molecule has 0 aromatic rings. The third-order valence-electron chi connectivity index (χ3n) is 0.797. The van der Waals surface area contributed by atoms with Crippen molar-refractivity contribution in [3.8, 4) is 0 Å². The molecule has 1 aliphatic rings. The van der Waals surface area contributed by atoms with Crippen molar-refractivity contribution in [1.29, 1.82) is 0 Å². The lowest BCUT2D eigenvalue weighted by Gasteiger charge is -2.04. The van der Waals surface area contributed by atoms with Crippen molar-refractivity contribution in [2.24, 2.45) is 0 Å². The Morgan fingerprint density at radius 1 is 1.33 bits per heavy atom. The van der Waals surface area contributed by atoms with Crippen LogP contribution in [-0.2, 0) is 0 Å². The molecule has 0 saturated heterocycles. The Balaban J connectivity index is 2.64. The summed E-state index contributed by atoms with van der Waals surface area (Å²) in [7, 11) is 0. The van der Waals surface area contributed by atoms with E-state index in [2.05, 4.69) is 4.99 Å². The topological polar surface area (TPSA) is 17.3 Å². The van der Waals surface area contributed by atoms with Crippen LogP contribution in [0.1, 0.15) is 0 Å². The Morgan fingerprint density at radius 3 is 2.22 bits per heavy atom. The van der Waals surface area contributed by atoms with Gasteiger partial charge in [-0.05, 0) is 0 Å². The SMILES string of the molecule is FC(F)(F)N1C=C[N+]=C1. The number of hydrogen-bond acceptors (Lipinski definition) is 2. The molecule has 0 saturated carbocycles. The second kappa shape index (κ2) is 1.75. The number of rotatable bonds is 0. The maximum Gasteiger partial charge on any atom is 0.567 e. The van der Waals surface area contributed by atoms with Gasteiger partial charge in [-0.15, -0.1) is 18.1 Å². The van der Waals surface area contributed by atoms with Crippen molar-refractivity contribution in [3.63, 3.8) is 0 Å². The average Bonchev–Trinajstić information content (AvgIpc) is 2.08. The highest BCUT2D eigenvalue weighted by molar-refractivity contribution is 5.58. The van der Waals surface area contributed by atoms with Crippen LogP contribution in [0.3, 0.4) is 0 Å². The van der Waals surface area contributed by atoms with Crippen LogP contribution in [-0.4, -0.2) is 17.5 Å². The first-order valence-corrected chi connectivity index (χ1v) is 2.16. The van der Waals surface area contributed by atoms with E-state index in [1.54, 1.807) is 0 Å². The lowest BCUT2D eigenvalue weighted by atomic mass is 10.8. The standard InChI is InChI=1S/C4H3F3N2/c5-4(6,7)9-2-1-8-3-9/h1-3H/q+1. The number of aliphatic imine (C=N–C) groups is 1. The average molecular weight is 136 g/mol. The molecule has 0 aromatic carbocycles. The summed E-state index contributed by atoms with van der Waals surface area (Å²) in [6.45, 7) is 0. The van der Waals surface area contributed by atoms with Crippen molar-refractivity contribution in [1.82, 2.24) is 9.89 Å². The number of nitrogens with zero attached hydrogens (tertiary/aromatic N) is 2. The Kier molecular flexibility index (Phi) is 1.19. The van der Waals surface area contributed by atoms with Gasteiger partial charge in [-0.1, -0.05) is 4.99 Å². The molecule has 0 N–H and O–H groups in total. The van der Waals surface area contributed by atoms with E-state index >= 15 is 0 Å². The molecule has 9 heavy (non-hydrogen) atoms. The molecule has 0 atom stereocenters. The van der Waals surface area contributed by atoms with Crippen LogP contribution in [0, 0.1) is 0 Å². The minimum Gasteiger partial charge on any atom is -0.139 e. The fraction of sp³-hybridized carbons (Fsp3) is 0.250. The first-order valence-electron chi connectivity index (χ1n) is 2.16. The highest BCUT2D eigenvalue weighted by atomic mass is 19.4. The summed E-state index contributed by atoms with van der Waals surface area (Å²) in [4.78, 5) is 3.31. The van der Waals surface area contributed by atoms with Crippen molar-refractivity contribution in [2.45, 2.75) is 6.30 Å². The van der Waals surface area contributed by atoms with Crippen LogP contribution >= 0.6 is 0 Å². The monoisotopic (exact) mass is 136 g/mol. The summed E-state index contributed by atoms with van der Waals surface area (Å²) < 4.78 is 34.6. The Hall–Kier alpha value is -1.00. The molecule has 2 nitrogen and oxygen atoms in total. The Morgan fingerprint density at radius 2 is 2.00 bits per heavy atom. The first-order chi connectivity index (χ1) is 4.11. The highest BCUT2D eigenvalue weighted by Crippen LogP contribution is 2.20. The third kappa shape index (κ3) is 1.22. The fourth-order valence-electron chi connectivity index (χ4n) is 0.409. The number of hydrogen-bond donors (Lipinski definition) is 0. The van der Waals surface area contributed by atoms with Gasteiger partial charge in [0.25, 0.3) is 6.34 Å². The molecule has 5 heteroatoms. The van der Waals surface area contributed by atoms with E-state index in [-0.39, 0.29) is 4.90 Å². The summed E-state index contributed by atoms with van der Waals surface area (Å²) >= 11 is 0. The molecule has 1 radical (unpaired) electrons. The maximum absolute atomic E-state index is 11.5. The molecule has 1 heterocycles. The molecular formula is C4H3F3N2+. The van der Waals surface area contributed by atoms with E-state index in [4.69, 9.17) is 0 Å². The summed E-state index contributed by atoms with van der Waals surface area (Å²) in [5.41, 5.74) is 0. The first kappa shape index (κ1) is 6.12. The number of alkyl halides is 3. The van der Waals surface area contributed by atoms with E-state index in [1.165, 1.54) is 0 Å². The van der Waals surface area contributed by atoms with E-state index < -0.39 is 6.30 Å². The van der Waals surface area contributed by atoms with Gasteiger partial charge < -0.3 is 0 Å². The molecule has 1 rings (SSSR count). The van der Waals surface area contributed by atoms with Gasteiger partial charge in [0.2, 0.25) is 0 Å². The van der Waals surface area contributed by atoms with Gasteiger partial charge in [-0.3, -0.25) is 0 Å². The van der Waals surface area contributed by atoms with Gasteiger partial charge in [0.1, 0.15) is 6.20 Å². The number of halogens is 3. The minimum absolute atomic E-state index is 0.0764. The summed E-state index contributed by atoms with van der Waals surface area (Å²) in [5.74, 6) is 0. The largest absolute Gasteiger partial charge is 0.567 e. The van der Waals surface area contributed by atoms with E-state index in [0.717, 1.165) is 12.4 Å². The second-order valence-corrected chi connectivity index (χ2v) is 1.44. The van der Waals surface area contributed by atoms with Gasteiger partial charge >= 0.3 is 6.30 Å². The minimum atomic E-state index is -4.32.